The summed E-state index contributed by atoms with van der Waals surface area (Å²) >= 11 is 0. The number of amides is 1. The van der Waals surface area contributed by atoms with Crippen LogP contribution in [0.5, 0.6) is 0 Å². The van der Waals surface area contributed by atoms with E-state index in [4.69, 9.17) is 0 Å². The van der Waals surface area contributed by atoms with Gasteiger partial charge in [0.1, 0.15) is 0 Å². The molecule has 0 N–H and O–H groups in total. The molecular formula is C15H19NO. The fourth-order valence-electron chi connectivity index (χ4n) is 1.84. The fraction of sp³-hybridized carbons (Fsp3) is 0.400. The van der Waals surface area contributed by atoms with Gasteiger partial charge in [-0.05, 0) is 25.3 Å². The molecule has 17 heavy (non-hydrogen) atoms. The van der Waals surface area contributed by atoms with Crippen LogP contribution in [0.15, 0.2) is 36.4 Å². The van der Waals surface area contributed by atoms with E-state index in [1.54, 1.807) is 0 Å². The second-order valence-corrected chi connectivity index (χ2v) is 4.46. The zero-order valence-corrected chi connectivity index (χ0v) is 10.3. The van der Waals surface area contributed by atoms with Crippen molar-refractivity contribution in [2.24, 2.45) is 5.92 Å². The van der Waals surface area contributed by atoms with E-state index in [9.17, 15) is 4.79 Å². The van der Waals surface area contributed by atoms with Gasteiger partial charge in [-0.2, -0.15) is 0 Å². The van der Waals surface area contributed by atoms with Crippen LogP contribution in [0.25, 0.3) is 6.08 Å². The molecule has 1 fully saturated rings. The van der Waals surface area contributed by atoms with Crippen LogP contribution in [0.3, 0.4) is 0 Å². The molecule has 0 spiro atoms. The molecule has 0 aliphatic heterocycles. The summed E-state index contributed by atoms with van der Waals surface area (Å²) in [6.45, 7) is 3.56. The van der Waals surface area contributed by atoms with Crippen molar-refractivity contribution in [3.8, 4) is 0 Å². The fourth-order valence-corrected chi connectivity index (χ4v) is 1.84. The number of carbonyl (C=O) groups excluding carboxylic acids is 1. The average Bonchev–Trinajstić information content (AvgIpc) is 3.19. The molecule has 0 unspecified atom stereocenters. The molecule has 0 bridgehead atoms. The Bertz CT molecular complexity index is 393. The van der Waals surface area contributed by atoms with Gasteiger partial charge in [0.15, 0.2) is 0 Å². The quantitative estimate of drug-likeness (QED) is 0.760. The first-order valence-electron chi connectivity index (χ1n) is 6.31. The Balaban J connectivity index is 1.87. The van der Waals surface area contributed by atoms with Crippen LogP contribution < -0.4 is 0 Å². The van der Waals surface area contributed by atoms with Crippen molar-refractivity contribution in [2.75, 3.05) is 13.1 Å². The summed E-state index contributed by atoms with van der Waals surface area (Å²) in [4.78, 5) is 13.8. The third-order valence-electron chi connectivity index (χ3n) is 3.06. The van der Waals surface area contributed by atoms with E-state index in [2.05, 4.69) is 24.3 Å². The summed E-state index contributed by atoms with van der Waals surface area (Å²) in [5.74, 6) is 0.644. The Morgan fingerprint density at radius 1 is 1.35 bits per heavy atom. The smallest absolute Gasteiger partial charge is 0.225 e. The first kappa shape index (κ1) is 11.9. The van der Waals surface area contributed by atoms with Crippen LogP contribution in [0.1, 0.15) is 25.3 Å². The van der Waals surface area contributed by atoms with Crippen molar-refractivity contribution in [2.45, 2.75) is 19.8 Å². The minimum Gasteiger partial charge on any atom is -0.339 e. The molecule has 1 saturated carbocycles. The highest BCUT2D eigenvalue weighted by Gasteiger charge is 2.32. The lowest BCUT2D eigenvalue weighted by molar-refractivity contribution is -0.131. The van der Waals surface area contributed by atoms with Crippen molar-refractivity contribution in [1.29, 1.82) is 0 Å². The van der Waals surface area contributed by atoms with Gasteiger partial charge in [-0.15, -0.1) is 0 Å². The summed E-state index contributed by atoms with van der Waals surface area (Å²) in [6.07, 6.45) is 6.30. The monoisotopic (exact) mass is 229 g/mol. The van der Waals surface area contributed by atoms with Gasteiger partial charge in [0.05, 0.1) is 0 Å². The second kappa shape index (κ2) is 5.67. The summed E-state index contributed by atoms with van der Waals surface area (Å²) in [7, 11) is 0. The lowest BCUT2D eigenvalue weighted by Gasteiger charge is -2.18. The standard InChI is InChI=1S/C15H19NO/c1-2-16(15(17)14-10-11-14)12-6-9-13-7-4-3-5-8-13/h3-9,14H,2,10-12H2,1H3/b9-6-. The van der Waals surface area contributed by atoms with Crippen LogP contribution in [0.2, 0.25) is 0 Å². The van der Waals surface area contributed by atoms with Gasteiger partial charge in [-0.25, -0.2) is 0 Å². The van der Waals surface area contributed by atoms with E-state index in [-0.39, 0.29) is 0 Å². The van der Waals surface area contributed by atoms with Crippen molar-refractivity contribution in [3.63, 3.8) is 0 Å². The molecule has 1 aromatic rings. The van der Waals surface area contributed by atoms with Gasteiger partial charge in [0.2, 0.25) is 5.91 Å². The van der Waals surface area contributed by atoms with Crippen LogP contribution in [-0.2, 0) is 4.79 Å². The van der Waals surface area contributed by atoms with Gasteiger partial charge in [0.25, 0.3) is 0 Å². The molecule has 1 aromatic carbocycles. The zero-order chi connectivity index (χ0) is 12.1. The van der Waals surface area contributed by atoms with E-state index in [1.807, 2.05) is 30.0 Å². The zero-order valence-electron chi connectivity index (χ0n) is 10.3. The van der Waals surface area contributed by atoms with Gasteiger partial charge >= 0.3 is 0 Å². The van der Waals surface area contributed by atoms with Crippen LogP contribution in [0.4, 0.5) is 0 Å². The number of carbonyl (C=O) groups is 1. The highest BCUT2D eigenvalue weighted by molar-refractivity contribution is 5.81. The Hall–Kier alpha value is -1.57. The average molecular weight is 229 g/mol. The predicted octanol–water partition coefficient (Wildman–Crippen LogP) is 2.96. The van der Waals surface area contributed by atoms with E-state index in [0.717, 1.165) is 25.9 Å². The minimum absolute atomic E-state index is 0.320. The summed E-state index contributed by atoms with van der Waals surface area (Å²) in [5, 5.41) is 0. The van der Waals surface area contributed by atoms with E-state index < -0.39 is 0 Å². The molecule has 2 nitrogen and oxygen atoms in total. The molecule has 1 aliphatic rings. The molecule has 0 aromatic heterocycles. The molecule has 0 saturated heterocycles. The molecule has 0 heterocycles. The van der Waals surface area contributed by atoms with E-state index in [0.29, 0.717) is 11.8 Å². The molecule has 1 amide bonds. The number of rotatable bonds is 5. The van der Waals surface area contributed by atoms with Crippen molar-refractivity contribution in [3.05, 3.63) is 42.0 Å². The van der Waals surface area contributed by atoms with Gasteiger partial charge in [-0.3, -0.25) is 4.79 Å². The topological polar surface area (TPSA) is 20.3 Å². The highest BCUT2D eigenvalue weighted by atomic mass is 16.2. The number of benzene rings is 1. The SMILES string of the molecule is CCN(C/C=C\c1ccccc1)C(=O)C1CC1. The number of hydrogen-bond acceptors (Lipinski definition) is 1. The molecule has 90 valence electrons. The Kier molecular flexibility index (Phi) is 3.97. The van der Waals surface area contributed by atoms with Gasteiger partial charge in [0, 0.05) is 19.0 Å². The number of likely N-dealkylation sites (N-methyl/N-ethyl adjacent to an activating group) is 1. The van der Waals surface area contributed by atoms with Gasteiger partial charge in [-0.1, -0.05) is 42.5 Å². The summed E-state index contributed by atoms with van der Waals surface area (Å²) in [5.41, 5.74) is 1.18. The van der Waals surface area contributed by atoms with Crippen LogP contribution in [-0.4, -0.2) is 23.9 Å². The molecule has 0 atom stereocenters. The van der Waals surface area contributed by atoms with E-state index in [1.165, 1.54) is 5.56 Å². The van der Waals surface area contributed by atoms with Crippen LogP contribution in [0, 0.1) is 5.92 Å². The molecule has 1 aliphatic carbocycles. The maximum absolute atomic E-state index is 11.9. The summed E-state index contributed by atoms with van der Waals surface area (Å²) in [6, 6.07) is 10.2. The number of nitrogens with zero attached hydrogens (tertiary/aromatic N) is 1. The lowest BCUT2D eigenvalue weighted by atomic mass is 10.2. The van der Waals surface area contributed by atoms with Gasteiger partial charge < -0.3 is 4.90 Å². The van der Waals surface area contributed by atoms with E-state index >= 15 is 0 Å². The van der Waals surface area contributed by atoms with Crippen molar-refractivity contribution >= 4 is 12.0 Å². The first-order valence-corrected chi connectivity index (χ1v) is 6.31. The Morgan fingerprint density at radius 3 is 2.65 bits per heavy atom. The van der Waals surface area contributed by atoms with Crippen molar-refractivity contribution in [1.82, 2.24) is 4.90 Å². The summed E-state index contributed by atoms with van der Waals surface area (Å²) < 4.78 is 0. The molecular weight excluding hydrogens is 210 g/mol. The maximum Gasteiger partial charge on any atom is 0.225 e. The second-order valence-electron chi connectivity index (χ2n) is 4.46. The third kappa shape index (κ3) is 3.45. The maximum atomic E-state index is 11.9. The Labute approximate surface area is 103 Å². The lowest BCUT2D eigenvalue weighted by Crippen LogP contribution is -2.32. The normalized spacial score (nSPS) is 15.1. The largest absolute Gasteiger partial charge is 0.339 e. The first-order chi connectivity index (χ1) is 8.31. The predicted molar refractivity (Wildman–Crippen MR) is 70.5 cm³/mol. The molecule has 2 heteroatoms. The Morgan fingerprint density at radius 2 is 2.06 bits per heavy atom. The highest BCUT2D eigenvalue weighted by Crippen LogP contribution is 2.30. The third-order valence-corrected chi connectivity index (χ3v) is 3.06. The van der Waals surface area contributed by atoms with Crippen molar-refractivity contribution < 1.29 is 4.79 Å². The molecule has 2 rings (SSSR count). The molecule has 0 radical (unpaired) electrons. The minimum atomic E-state index is 0.320. The number of hydrogen-bond donors (Lipinski definition) is 0. The van der Waals surface area contributed by atoms with Crippen LogP contribution >= 0.6 is 0 Å².